The van der Waals surface area contributed by atoms with Crippen LogP contribution in [0, 0.1) is 0 Å². The van der Waals surface area contributed by atoms with Crippen LogP contribution in [0.15, 0.2) is 42.5 Å². The van der Waals surface area contributed by atoms with Crippen LogP contribution in [0.5, 0.6) is 23.0 Å². The third kappa shape index (κ3) is 11.9. The number of methoxy groups -OCH3 is 4. The van der Waals surface area contributed by atoms with E-state index in [0.29, 0.717) is 34.1 Å². The van der Waals surface area contributed by atoms with E-state index in [2.05, 4.69) is 0 Å². The van der Waals surface area contributed by atoms with Crippen LogP contribution in [0.4, 0.5) is 0 Å². The first-order chi connectivity index (χ1) is 22.9. The number of ketones is 1. The minimum atomic E-state index is -2.91. The molecular formula is C39H58O10Si. The molecule has 0 amide bonds. The summed E-state index contributed by atoms with van der Waals surface area (Å²) < 4.78 is 41.1. The fourth-order valence-corrected chi connectivity index (χ4v) is 6.53. The molecule has 2 aromatic rings. The largest absolute Gasteiger partial charge is 0.497 e. The van der Waals surface area contributed by atoms with E-state index in [4.69, 9.17) is 32.8 Å². The second-order valence-electron chi connectivity index (χ2n) is 15.9. The molecule has 0 spiro atoms. The van der Waals surface area contributed by atoms with Gasteiger partial charge in [-0.15, -0.1) is 0 Å². The third-order valence-electron chi connectivity index (χ3n) is 8.39. The van der Waals surface area contributed by atoms with Crippen molar-refractivity contribution in [2.45, 2.75) is 116 Å². The standard InChI is InChI=1S/C39H58O10Si/c1-36(2,3)47-34(41)25-39(35(42)48-37(4,5)6,49-50(14,15)38(7,8)9)33(27-20-31(45-12)24-32(21-27)46-13)22-28(40)17-16-26-18-29(43-10)23-30(19-26)44-11/h16-21,23-24,33H,22,25H2,1-15H3/b17-16+/t33-,39+/m0/s1. The van der Waals surface area contributed by atoms with Gasteiger partial charge in [0.2, 0.25) is 0 Å². The van der Waals surface area contributed by atoms with Crippen molar-refractivity contribution >= 4 is 32.1 Å². The Morgan fingerprint density at radius 1 is 0.680 bits per heavy atom. The molecule has 10 nitrogen and oxygen atoms in total. The molecule has 2 atom stereocenters. The molecule has 0 fully saturated rings. The van der Waals surface area contributed by atoms with E-state index in [0.717, 1.165) is 0 Å². The average Bonchev–Trinajstić information content (AvgIpc) is 2.99. The molecule has 0 aliphatic heterocycles. The first-order valence-corrected chi connectivity index (χ1v) is 19.6. The summed E-state index contributed by atoms with van der Waals surface area (Å²) in [6.45, 7) is 20.6. The maximum Gasteiger partial charge on any atom is 0.339 e. The summed E-state index contributed by atoms with van der Waals surface area (Å²) in [4.78, 5) is 42.9. The quantitative estimate of drug-likeness (QED) is 0.101. The van der Waals surface area contributed by atoms with Crippen LogP contribution in [0.1, 0.15) is 92.2 Å². The molecule has 0 aliphatic rings. The normalized spacial score (nSPS) is 14.4. The van der Waals surface area contributed by atoms with Crippen molar-refractivity contribution in [3.8, 4) is 23.0 Å². The number of rotatable bonds is 15. The summed E-state index contributed by atoms with van der Waals surface area (Å²) in [5.74, 6) is -0.870. The lowest BCUT2D eigenvalue weighted by atomic mass is 9.76. The number of esters is 2. The summed E-state index contributed by atoms with van der Waals surface area (Å²) >= 11 is 0. The van der Waals surface area contributed by atoms with E-state index in [9.17, 15) is 14.4 Å². The second kappa shape index (κ2) is 16.5. The molecule has 0 N–H and O–H groups in total. The molecule has 0 aromatic heterocycles. The van der Waals surface area contributed by atoms with Gasteiger partial charge in [-0.3, -0.25) is 9.59 Å². The molecule has 0 saturated carbocycles. The van der Waals surface area contributed by atoms with Crippen molar-refractivity contribution in [3.05, 3.63) is 53.6 Å². The SMILES string of the molecule is COc1cc(/C=C/C(=O)C[C@@H](c2cc(OC)cc(OC)c2)[C@@](CC(=O)OC(C)(C)C)(O[Si](C)(C)C(C)(C)C)C(=O)OC(C)(C)C)cc(OC)c1. The topological polar surface area (TPSA) is 116 Å². The van der Waals surface area contributed by atoms with Gasteiger partial charge in [-0.05, 0) is 101 Å². The lowest BCUT2D eigenvalue weighted by Gasteiger charge is -2.48. The molecule has 0 bridgehead atoms. The fourth-order valence-electron chi connectivity index (χ4n) is 5.02. The van der Waals surface area contributed by atoms with Crippen LogP contribution >= 0.6 is 0 Å². The number of hydrogen-bond donors (Lipinski definition) is 0. The maximum absolute atomic E-state index is 14.9. The molecular weight excluding hydrogens is 657 g/mol. The molecule has 0 saturated heterocycles. The lowest BCUT2D eigenvalue weighted by molar-refractivity contribution is -0.185. The summed E-state index contributed by atoms with van der Waals surface area (Å²) in [5.41, 5.74) is -2.67. The highest BCUT2D eigenvalue weighted by molar-refractivity contribution is 6.74. The van der Waals surface area contributed by atoms with Crippen LogP contribution in [0.2, 0.25) is 18.1 Å². The molecule has 2 aromatic carbocycles. The Labute approximate surface area is 299 Å². The van der Waals surface area contributed by atoms with Crippen molar-refractivity contribution in [2.24, 2.45) is 0 Å². The molecule has 0 aliphatic carbocycles. The number of hydrogen-bond acceptors (Lipinski definition) is 10. The van der Waals surface area contributed by atoms with E-state index < -0.39 is 54.4 Å². The summed E-state index contributed by atoms with van der Waals surface area (Å²) in [6.07, 6.45) is 2.32. The Balaban J connectivity index is 2.99. The molecule has 0 heterocycles. The van der Waals surface area contributed by atoms with Gasteiger partial charge in [0.1, 0.15) is 34.2 Å². The predicted octanol–water partition coefficient (Wildman–Crippen LogP) is 8.31. The van der Waals surface area contributed by atoms with Crippen LogP contribution in [-0.2, 0) is 28.3 Å². The highest BCUT2D eigenvalue weighted by Gasteiger charge is 2.57. The van der Waals surface area contributed by atoms with Crippen LogP contribution in [0.3, 0.4) is 0 Å². The van der Waals surface area contributed by atoms with E-state index in [1.54, 1.807) is 98.2 Å². The Morgan fingerprint density at radius 3 is 1.52 bits per heavy atom. The van der Waals surface area contributed by atoms with Crippen LogP contribution in [0.25, 0.3) is 6.08 Å². The minimum Gasteiger partial charge on any atom is -0.497 e. The molecule has 278 valence electrons. The first-order valence-electron chi connectivity index (χ1n) is 16.7. The van der Waals surface area contributed by atoms with Gasteiger partial charge in [-0.1, -0.05) is 26.8 Å². The minimum absolute atomic E-state index is 0.245. The monoisotopic (exact) mass is 714 g/mol. The van der Waals surface area contributed by atoms with Crippen LogP contribution in [-0.4, -0.2) is 71.3 Å². The van der Waals surface area contributed by atoms with Crippen molar-refractivity contribution in [1.82, 2.24) is 0 Å². The number of benzene rings is 2. The van der Waals surface area contributed by atoms with Gasteiger partial charge in [0.15, 0.2) is 19.7 Å². The van der Waals surface area contributed by atoms with Crippen molar-refractivity contribution < 1.29 is 47.2 Å². The Morgan fingerprint density at radius 2 is 1.12 bits per heavy atom. The van der Waals surface area contributed by atoms with Gasteiger partial charge < -0.3 is 32.8 Å². The number of allylic oxidation sites excluding steroid dienone is 1. The van der Waals surface area contributed by atoms with Crippen molar-refractivity contribution in [1.29, 1.82) is 0 Å². The highest BCUT2D eigenvalue weighted by Crippen LogP contribution is 2.48. The zero-order chi connectivity index (χ0) is 38.3. The predicted molar refractivity (Wildman–Crippen MR) is 198 cm³/mol. The highest BCUT2D eigenvalue weighted by atomic mass is 28.4. The summed E-state index contributed by atoms with van der Waals surface area (Å²) in [7, 11) is 3.20. The van der Waals surface area contributed by atoms with Gasteiger partial charge >= 0.3 is 11.9 Å². The molecule has 50 heavy (non-hydrogen) atoms. The summed E-state index contributed by atoms with van der Waals surface area (Å²) in [6, 6.07) is 10.4. The lowest BCUT2D eigenvalue weighted by Crippen LogP contribution is -2.59. The zero-order valence-corrected chi connectivity index (χ0v) is 33.7. The Bertz CT molecular complexity index is 1480. The second-order valence-corrected chi connectivity index (χ2v) is 20.6. The number of carbonyl (C=O) groups is 3. The summed E-state index contributed by atoms with van der Waals surface area (Å²) in [5, 5.41) is -0.403. The smallest absolute Gasteiger partial charge is 0.339 e. The molecule has 2 rings (SSSR count). The molecule has 0 radical (unpaired) electrons. The Kier molecular flexibility index (Phi) is 13.9. The number of ether oxygens (including phenoxy) is 6. The third-order valence-corrected chi connectivity index (χ3v) is 12.9. The van der Waals surface area contributed by atoms with E-state index in [-0.39, 0.29) is 12.2 Å². The van der Waals surface area contributed by atoms with E-state index >= 15 is 0 Å². The van der Waals surface area contributed by atoms with Crippen LogP contribution < -0.4 is 18.9 Å². The molecule has 11 heteroatoms. The zero-order valence-electron chi connectivity index (χ0n) is 32.7. The van der Waals surface area contributed by atoms with Crippen molar-refractivity contribution in [2.75, 3.05) is 28.4 Å². The average molecular weight is 715 g/mol. The Hall–Kier alpha value is -3.83. The van der Waals surface area contributed by atoms with Gasteiger partial charge in [0, 0.05) is 24.5 Å². The van der Waals surface area contributed by atoms with Crippen molar-refractivity contribution in [3.63, 3.8) is 0 Å². The van der Waals surface area contributed by atoms with E-state index in [1.807, 2.05) is 33.9 Å². The maximum atomic E-state index is 14.9. The van der Waals surface area contributed by atoms with Gasteiger partial charge in [-0.2, -0.15) is 0 Å². The van der Waals surface area contributed by atoms with E-state index in [1.165, 1.54) is 20.3 Å². The number of carbonyl (C=O) groups excluding carboxylic acids is 3. The fraction of sp³-hybridized carbons (Fsp3) is 0.564. The molecule has 0 unspecified atom stereocenters. The van der Waals surface area contributed by atoms with Gasteiger partial charge in [0.05, 0.1) is 34.9 Å². The first kappa shape index (κ1) is 42.3. The van der Waals surface area contributed by atoms with Gasteiger partial charge in [-0.25, -0.2) is 4.79 Å². The van der Waals surface area contributed by atoms with Gasteiger partial charge in [0.25, 0.3) is 0 Å².